The summed E-state index contributed by atoms with van der Waals surface area (Å²) in [7, 11) is 0. The van der Waals surface area contributed by atoms with Gasteiger partial charge < -0.3 is 15.5 Å². The Labute approximate surface area is 81.3 Å². The summed E-state index contributed by atoms with van der Waals surface area (Å²) in [6.07, 6.45) is 2.11. The maximum Gasteiger partial charge on any atom is 0.340 e. The molecule has 1 heterocycles. The first-order chi connectivity index (χ1) is 6.63. The Kier molecular flexibility index (Phi) is 2.44. The molecule has 14 heavy (non-hydrogen) atoms. The largest absolute Gasteiger partial charge is 0.479 e. The van der Waals surface area contributed by atoms with Crippen molar-refractivity contribution >= 4 is 5.97 Å². The van der Waals surface area contributed by atoms with Crippen molar-refractivity contribution in [3.8, 4) is 0 Å². The summed E-state index contributed by atoms with van der Waals surface area (Å²) < 4.78 is 0. The van der Waals surface area contributed by atoms with Crippen LogP contribution in [-0.2, 0) is 4.79 Å². The van der Waals surface area contributed by atoms with Crippen LogP contribution in [-0.4, -0.2) is 49.9 Å². The minimum Gasteiger partial charge on any atom is -0.479 e. The zero-order valence-corrected chi connectivity index (χ0v) is 7.70. The van der Waals surface area contributed by atoms with Gasteiger partial charge in [0.15, 0.2) is 0 Å². The SMILES string of the molecule is O=C(O)C1N(O)[C@H]2CCCC[C@@H]2N1O. The summed E-state index contributed by atoms with van der Waals surface area (Å²) >= 11 is 0. The van der Waals surface area contributed by atoms with Crippen LogP contribution >= 0.6 is 0 Å². The van der Waals surface area contributed by atoms with E-state index in [4.69, 9.17) is 5.11 Å². The molecule has 1 saturated carbocycles. The molecule has 2 rings (SSSR count). The van der Waals surface area contributed by atoms with Crippen LogP contribution in [0.25, 0.3) is 0 Å². The first-order valence-electron chi connectivity index (χ1n) is 4.80. The predicted octanol–water partition coefficient (Wildman–Crippen LogP) is 0.104. The highest BCUT2D eigenvalue weighted by molar-refractivity contribution is 5.73. The topological polar surface area (TPSA) is 84.2 Å². The highest BCUT2D eigenvalue weighted by Crippen LogP contribution is 2.33. The molecule has 0 bridgehead atoms. The number of carbonyl (C=O) groups is 1. The number of nitrogens with zero attached hydrogens (tertiary/aromatic N) is 2. The van der Waals surface area contributed by atoms with E-state index >= 15 is 0 Å². The van der Waals surface area contributed by atoms with Crippen molar-refractivity contribution in [2.45, 2.75) is 43.9 Å². The predicted molar refractivity (Wildman–Crippen MR) is 44.7 cm³/mol. The average molecular weight is 202 g/mol. The molecule has 2 fully saturated rings. The van der Waals surface area contributed by atoms with Crippen LogP contribution in [0.1, 0.15) is 25.7 Å². The van der Waals surface area contributed by atoms with E-state index in [1.807, 2.05) is 0 Å². The van der Waals surface area contributed by atoms with Gasteiger partial charge in [-0.1, -0.05) is 12.8 Å². The summed E-state index contributed by atoms with van der Waals surface area (Å²) in [4.78, 5) is 10.8. The molecular weight excluding hydrogens is 188 g/mol. The number of carboxylic acid groups (broad SMARTS) is 1. The zero-order chi connectivity index (χ0) is 10.3. The number of fused-ring (bicyclic) bond motifs is 1. The van der Waals surface area contributed by atoms with Crippen LogP contribution in [0.15, 0.2) is 0 Å². The summed E-state index contributed by atoms with van der Waals surface area (Å²) in [5.41, 5.74) is 0. The van der Waals surface area contributed by atoms with Gasteiger partial charge in [-0.05, 0) is 12.8 Å². The van der Waals surface area contributed by atoms with Gasteiger partial charge in [-0.15, -0.1) is 0 Å². The normalized spacial score (nSPS) is 35.9. The molecule has 0 aromatic carbocycles. The number of hydrogen-bond donors (Lipinski definition) is 3. The van der Waals surface area contributed by atoms with Crippen molar-refractivity contribution < 1.29 is 20.3 Å². The lowest BCUT2D eigenvalue weighted by Crippen LogP contribution is -2.43. The molecule has 0 radical (unpaired) electrons. The van der Waals surface area contributed by atoms with Gasteiger partial charge in [-0.3, -0.25) is 0 Å². The van der Waals surface area contributed by atoms with E-state index in [0.29, 0.717) is 0 Å². The molecule has 2 aliphatic rings. The van der Waals surface area contributed by atoms with Gasteiger partial charge in [0, 0.05) is 0 Å². The third-order valence-corrected chi connectivity index (χ3v) is 3.10. The van der Waals surface area contributed by atoms with E-state index in [0.717, 1.165) is 35.8 Å². The molecule has 80 valence electrons. The molecule has 0 aromatic heterocycles. The minimum atomic E-state index is -1.30. The molecule has 2 atom stereocenters. The number of aliphatic carboxylic acids is 1. The first kappa shape index (κ1) is 9.85. The maximum atomic E-state index is 10.8. The second kappa shape index (κ2) is 3.47. The highest BCUT2D eigenvalue weighted by Gasteiger charge is 2.50. The van der Waals surface area contributed by atoms with E-state index in [9.17, 15) is 15.2 Å². The Bertz CT molecular complexity index is 229. The molecule has 0 spiro atoms. The third kappa shape index (κ3) is 1.31. The maximum absolute atomic E-state index is 10.8. The van der Waals surface area contributed by atoms with E-state index < -0.39 is 12.1 Å². The van der Waals surface area contributed by atoms with Crippen molar-refractivity contribution in [1.82, 2.24) is 10.1 Å². The highest BCUT2D eigenvalue weighted by atomic mass is 16.6. The van der Waals surface area contributed by atoms with Gasteiger partial charge in [-0.25, -0.2) is 4.79 Å². The Balaban J connectivity index is 2.19. The molecule has 3 N–H and O–H groups in total. The summed E-state index contributed by atoms with van der Waals surface area (Å²) in [6.45, 7) is 0. The second-order valence-corrected chi connectivity index (χ2v) is 3.89. The van der Waals surface area contributed by atoms with E-state index in [1.165, 1.54) is 0 Å². The fourth-order valence-electron chi connectivity index (χ4n) is 2.42. The van der Waals surface area contributed by atoms with Crippen molar-refractivity contribution in [1.29, 1.82) is 0 Å². The van der Waals surface area contributed by atoms with E-state index in [-0.39, 0.29) is 12.1 Å². The second-order valence-electron chi connectivity index (χ2n) is 3.89. The van der Waals surface area contributed by atoms with Gasteiger partial charge in [-0.2, -0.15) is 10.1 Å². The van der Waals surface area contributed by atoms with Gasteiger partial charge >= 0.3 is 5.97 Å². The molecule has 0 unspecified atom stereocenters. The average Bonchev–Trinajstić information content (AvgIpc) is 2.41. The Morgan fingerprint density at radius 1 is 1.07 bits per heavy atom. The molecular formula is C8H14N2O4. The van der Waals surface area contributed by atoms with Crippen LogP contribution in [0.2, 0.25) is 0 Å². The lowest BCUT2D eigenvalue weighted by Gasteiger charge is -2.27. The molecule has 6 heteroatoms. The first-order valence-corrected chi connectivity index (χ1v) is 4.80. The molecule has 1 aliphatic heterocycles. The number of carboxylic acids is 1. The van der Waals surface area contributed by atoms with Crippen LogP contribution in [0.3, 0.4) is 0 Å². The standard InChI is InChI=1S/C8H14N2O4/c11-8(12)7-9(13)5-3-1-2-4-6(5)10(7)14/h5-7,13-14H,1-4H2,(H,11,12)/t5-,6-/m0/s1. The van der Waals surface area contributed by atoms with E-state index in [1.54, 1.807) is 0 Å². The quantitative estimate of drug-likeness (QED) is 0.559. The Morgan fingerprint density at radius 2 is 1.50 bits per heavy atom. The smallest absolute Gasteiger partial charge is 0.340 e. The van der Waals surface area contributed by atoms with Crippen molar-refractivity contribution in [2.24, 2.45) is 0 Å². The minimum absolute atomic E-state index is 0.241. The van der Waals surface area contributed by atoms with Crippen molar-refractivity contribution in [3.63, 3.8) is 0 Å². The summed E-state index contributed by atoms with van der Waals surface area (Å²) in [6, 6.07) is -0.482. The van der Waals surface area contributed by atoms with Gasteiger partial charge in [0.25, 0.3) is 0 Å². The summed E-state index contributed by atoms with van der Waals surface area (Å²) in [5, 5.41) is 29.5. The fraction of sp³-hybridized carbons (Fsp3) is 0.875. The molecule has 0 amide bonds. The lowest BCUT2D eigenvalue weighted by molar-refractivity contribution is -0.218. The molecule has 6 nitrogen and oxygen atoms in total. The van der Waals surface area contributed by atoms with Gasteiger partial charge in [0.1, 0.15) is 0 Å². The number of hydroxylamine groups is 4. The van der Waals surface area contributed by atoms with Crippen LogP contribution in [0.4, 0.5) is 0 Å². The van der Waals surface area contributed by atoms with Crippen LogP contribution in [0, 0.1) is 0 Å². The Morgan fingerprint density at radius 3 is 1.86 bits per heavy atom. The fourth-order valence-corrected chi connectivity index (χ4v) is 2.42. The van der Waals surface area contributed by atoms with Crippen molar-refractivity contribution in [2.75, 3.05) is 0 Å². The van der Waals surface area contributed by atoms with E-state index in [2.05, 4.69) is 0 Å². The lowest BCUT2D eigenvalue weighted by atomic mass is 9.91. The monoisotopic (exact) mass is 202 g/mol. The third-order valence-electron chi connectivity index (χ3n) is 3.10. The number of rotatable bonds is 1. The number of hydrogen-bond acceptors (Lipinski definition) is 5. The van der Waals surface area contributed by atoms with Crippen molar-refractivity contribution in [3.05, 3.63) is 0 Å². The molecule has 1 aliphatic carbocycles. The van der Waals surface area contributed by atoms with Crippen LogP contribution in [0.5, 0.6) is 0 Å². The van der Waals surface area contributed by atoms with Gasteiger partial charge in [0.05, 0.1) is 12.1 Å². The van der Waals surface area contributed by atoms with Crippen LogP contribution < -0.4 is 0 Å². The Hall–Kier alpha value is -0.690. The zero-order valence-electron chi connectivity index (χ0n) is 7.70. The van der Waals surface area contributed by atoms with Gasteiger partial charge in [0.2, 0.25) is 6.17 Å². The molecule has 1 saturated heterocycles. The molecule has 0 aromatic rings. The summed E-state index contributed by atoms with van der Waals surface area (Å²) in [5.74, 6) is -1.22.